The van der Waals surface area contributed by atoms with E-state index in [1.54, 1.807) is 0 Å². The van der Waals surface area contributed by atoms with E-state index in [-0.39, 0.29) is 0 Å². The van der Waals surface area contributed by atoms with E-state index in [0.29, 0.717) is 0 Å². The molecule has 19 rings (SSSR count). The topological polar surface area (TPSA) is 49.1 Å². The van der Waals surface area contributed by atoms with Crippen molar-refractivity contribution < 1.29 is 13.3 Å². The van der Waals surface area contributed by atoms with Crippen molar-refractivity contribution in [3.63, 3.8) is 0 Å². The molecular formula is C71H41GeN3O3. The Morgan fingerprint density at radius 2 is 0.603 bits per heavy atom. The van der Waals surface area contributed by atoms with Gasteiger partial charge in [0.05, 0.1) is 0 Å². The van der Waals surface area contributed by atoms with E-state index >= 15 is 0 Å². The van der Waals surface area contributed by atoms with Crippen molar-refractivity contribution in [2.75, 3.05) is 14.7 Å². The zero-order valence-corrected chi connectivity index (χ0v) is 44.1. The summed E-state index contributed by atoms with van der Waals surface area (Å²) in [6, 6.07) is 85.2. The van der Waals surface area contributed by atoms with Crippen LogP contribution in [0.4, 0.5) is 51.2 Å². The second-order valence-electron chi connectivity index (χ2n) is 21.7. The van der Waals surface area contributed by atoms with Crippen LogP contribution < -0.4 is 27.9 Å². The summed E-state index contributed by atoms with van der Waals surface area (Å²) in [5, 5.41) is 16.1. The molecule has 6 nitrogen and oxygen atoms in total. The third-order valence-electron chi connectivity index (χ3n) is 17.7. The Hall–Kier alpha value is -9.76. The number of nitrogens with zero attached hydrogens (tertiary/aromatic N) is 3. The Bertz CT molecular complexity index is 5400. The second kappa shape index (κ2) is 14.6. The van der Waals surface area contributed by atoms with Gasteiger partial charge in [-0.2, -0.15) is 0 Å². The molecule has 3 aromatic heterocycles. The van der Waals surface area contributed by atoms with Crippen LogP contribution in [0, 0.1) is 0 Å². The first kappa shape index (κ1) is 41.5. The van der Waals surface area contributed by atoms with Crippen molar-refractivity contribution in [1.29, 1.82) is 0 Å². The van der Waals surface area contributed by atoms with Crippen LogP contribution in [0.1, 0.15) is 0 Å². The van der Waals surface area contributed by atoms with E-state index in [9.17, 15) is 0 Å². The van der Waals surface area contributed by atoms with Gasteiger partial charge in [-0.25, -0.2) is 0 Å². The molecule has 0 N–H and O–H groups in total. The summed E-state index contributed by atoms with van der Waals surface area (Å²) in [4.78, 5) is 7.76. The Labute approximate surface area is 448 Å². The molecule has 13 aromatic carbocycles. The number of furan rings is 3. The van der Waals surface area contributed by atoms with E-state index in [1.165, 1.54) is 90.4 Å². The quantitative estimate of drug-likeness (QED) is 0.164. The van der Waals surface area contributed by atoms with E-state index in [0.717, 1.165) is 82.9 Å². The summed E-state index contributed by atoms with van der Waals surface area (Å²) >= 11 is -3.80. The molecule has 0 saturated carbocycles. The van der Waals surface area contributed by atoms with Gasteiger partial charge in [0.1, 0.15) is 0 Å². The SMILES string of the molecule is [CH3][Ge]12[c]3c4cccc3N(c3ccc5oc6cc7ccccc7cc6c5c3)c3cc5ccccc5c([c]31)N(c1ccc3oc5cc6ccccc6cc5c3c1)c1cccc([c]12)N4c1ccc2oc3cc4ccccc4cc3c2c1. The van der Waals surface area contributed by atoms with Gasteiger partial charge in [0.25, 0.3) is 0 Å². The molecule has 7 heteroatoms. The minimum absolute atomic E-state index is 0.875. The fraction of sp³-hybridized carbons (Fsp3) is 0.0141. The third kappa shape index (κ3) is 5.27. The van der Waals surface area contributed by atoms with Crippen molar-refractivity contribution in [2.24, 2.45) is 0 Å². The number of hydrogen-bond donors (Lipinski definition) is 0. The van der Waals surface area contributed by atoms with Gasteiger partial charge < -0.3 is 0 Å². The molecule has 0 spiro atoms. The zero-order chi connectivity index (χ0) is 50.7. The normalized spacial score (nSPS) is 15.5. The van der Waals surface area contributed by atoms with Gasteiger partial charge in [0.15, 0.2) is 0 Å². The zero-order valence-electron chi connectivity index (χ0n) is 42.0. The Morgan fingerprint density at radius 1 is 0.256 bits per heavy atom. The summed E-state index contributed by atoms with van der Waals surface area (Å²) in [5.41, 5.74) is 16.0. The van der Waals surface area contributed by atoms with Gasteiger partial charge in [0.2, 0.25) is 0 Å². The molecule has 362 valence electrons. The molecule has 0 radical (unpaired) electrons. The van der Waals surface area contributed by atoms with Crippen LogP contribution in [0.2, 0.25) is 5.76 Å². The Balaban J connectivity index is 0.927. The van der Waals surface area contributed by atoms with Crippen molar-refractivity contribution in [2.45, 2.75) is 5.76 Å². The van der Waals surface area contributed by atoms with Crippen LogP contribution >= 0.6 is 0 Å². The molecule has 1 atom stereocenters. The molecule has 6 heterocycles. The predicted molar refractivity (Wildman–Crippen MR) is 326 cm³/mol. The van der Waals surface area contributed by atoms with Gasteiger partial charge in [-0.1, -0.05) is 0 Å². The first-order chi connectivity index (χ1) is 38.5. The van der Waals surface area contributed by atoms with Gasteiger partial charge in [-0.15, -0.1) is 0 Å². The fourth-order valence-electron chi connectivity index (χ4n) is 14.4. The third-order valence-corrected chi connectivity index (χ3v) is 27.2. The summed E-state index contributed by atoms with van der Waals surface area (Å²) < 4.78 is 24.4. The van der Waals surface area contributed by atoms with Crippen LogP contribution in [-0.4, -0.2) is 13.3 Å². The second-order valence-corrected chi connectivity index (χ2v) is 29.6. The van der Waals surface area contributed by atoms with Gasteiger partial charge in [-0.3, -0.25) is 0 Å². The van der Waals surface area contributed by atoms with E-state index in [4.69, 9.17) is 13.3 Å². The van der Waals surface area contributed by atoms with Crippen LogP contribution in [-0.2, 0) is 0 Å². The number of benzene rings is 13. The van der Waals surface area contributed by atoms with Crippen molar-refractivity contribution in [3.05, 3.63) is 231 Å². The van der Waals surface area contributed by atoms with Gasteiger partial charge >= 0.3 is 451 Å². The van der Waals surface area contributed by atoms with Crippen LogP contribution in [0.15, 0.2) is 244 Å². The molecule has 0 aliphatic carbocycles. The fourth-order valence-corrected chi connectivity index (χ4v) is 24.9. The van der Waals surface area contributed by atoms with Crippen molar-refractivity contribution in [3.8, 4) is 0 Å². The van der Waals surface area contributed by atoms with Crippen LogP contribution in [0.5, 0.6) is 0 Å². The molecule has 3 aliphatic rings. The maximum absolute atomic E-state index is 6.69. The molecule has 1 unspecified atom stereocenters. The van der Waals surface area contributed by atoms with Crippen molar-refractivity contribution in [1.82, 2.24) is 0 Å². The molecular weight excluding hydrogens is 1020 g/mol. The Kier molecular flexibility index (Phi) is 7.76. The number of rotatable bonds is 3. The molecule has 0 bridgehead atoms. The molecule has 78 heavy (non-hydrogen) atoms. The minimum atomic E-state index is -3.80. The monoisotopic (exact) mass is 1060 g/mol. The average molecular weight is 1060 g/mol. The van der Waals surface area contributed by atoms with E-state index in [2.05, 4.69) is 251 Å². The summed E-state index contributed by atoms with van der Waals surface area (Å²) in [6.07, 6.45) is 0. The first-order valence-electron chi connectivity index (χ1n) is 26.8. The first-order valence-corrected chi connectivity index (χ1v) is 32.0. The predicted octanol–water partition coefficient (Wildman–Crippen LogP) is 18.4. The average Bonchev–Trinajstić information content (AvgIpc) is 2.05. The van der Waals surface area contributed by atoms with Gasteiger partial charge in [-0.05, 0) is 0 Å². The number of hydrogen-bond acceptors (Lipinski definition) is 6. The molecule has 0 saturated heterocycles. The molecule has 3 aliphatic heterocycles. The standard InChI is InChI=1S/C71H41GeN3O3/c1-72-68-57-20-10-22-59(68)74(48-25-28-63-55(38-48)52-31-41-13-3-6-16-44(41)35-66(52)77-63)61-33-46-18-8-9-19-50(46)71(70(61)72)75(49-26-29-64-56(39-49)53-32-42-14-4-7-17-45(42)36-67(53)78-64)60-23-11-21-58(69(60)72)73(57)47-24-27-62-54(37-47)51-30-40-12-2-5-15-43(40)34-65(51)76-62/h2-39H,1H3. The van der Waals surface area contributed by atoms with E-state index in [1.807, 2.05) is 0 Å². The Morgan fingerprint density at radius 3 is 1.04 bits per heavy atom. The number of anilines is 9. The number of fused-ring (bicyclic) bond motifs is 14. The summed E-state index contributed by atoms with van der Waals surface area (Å²) in [6.45, 7) is 0. The van der Waals surface area contributed by atoms with E-state index < -0.39 is 13.3 Å². The molecule has 0 fully saturated rings. The van der Waals surface area contributed by atoms with Crippen molar-refractivity contribution >= 4 is 187 Å². The molecule has 16 aromatic rings. The van der Waals surface area contributed by atoms with Gasteiger partial charge in [0, 0.05) is 0 Å². The van der Waals surface area contributed by atoms with Crippen LogP contribution in [0.3, 0.4) is 0 Å². The molecule has 0 amide bonds. The van der Waals surface area contributed by atoms with Crippen LogP contribution in [0.25, 0.3) is 109 Å². The summed E-state index contributed by atoms with van der Waals surface area (Å²) in [7, 11) is 0. The maximum atomic E-state index is 6.69. The summed E-state index contributed by atoms with van der Waals surface area (Å²) in [5.74, 6) is 2.68.